The number of rotatable bonds is 3. The average Bonchev–Trinajstić information content (AvgIpc) is 2.41. The number of methoxy groups -OCH3 is 1. The van der Waals surface area contributed by atoms with E-state index in [0.29, 0.717) is 23.0 Å². The third kappa shape index (κ3) is 3.12. The molecule has 2 atom stereocenters. The maximum absolute atomic E-state index is 8.88. The van der Waals surface area contributed by atoms with Crippen LogP contribution in [0.2, 0.25) is 5.02 Å². The second kappa shape index (κ2) is 6.03. The Labute approximate surface area is 112 Å². The zero-order valence-electron chi connectivity index (χ0n) is 10.3. The zero-order chi connectivity index (χ0) is 13.0. The van der Waals surface area contributed by atoms with Gasteiger partial charge in [-0.3, -0.25) is 0 Å². The Bertz CT molecular complexity index is 458. The molecule has 0 spiro atoms. The van der Waals surface area contributed by atoms with E-state index in [1.54, 1.807) is 19.2 Å². The maximum atomic E-state index is 8.88. The molecule has 1 aliphatic carbocycles. The van der Waals surface area contributed by atoms with Crippen LogP contribution in [0.15, 0.2) is 12.1 Å². The molecule has 5 heteroatoms. The van der Waals surface area contributed by atoms with Gasteiger partial charge in [-0.05, 0) is 37.8 Å². The van der Waals surface area contributed by atoms with Gasteiger partial charge in [0.05, 0.1) is 11.1 Å². The van der Waals surface area contributed by atoms with Crippen LogP contribution in [0.4, 0.5) is 5.82 Å². The van der Waals surface area contributed by atoms with Crippen molar-refractivity contribution >= 4 is 17.4 Å². The summed E-state index contributed by atoms with van der Waals surface area (Å²) in [6.07, 6.45) is 4.66. The number of ether oxygens (including phenoxy) is 1. The Balaban J connectivity index is 2.03. The van der Waals surface area contributed by atoms with E-state index >= 15 is 0 Å². The Morgan fingerprint density at radius 2 is 2.33 bits per heavy atom. The van der Waals surface area contributed by atoms with Crippen molar-refractivity contribution in [3.05, 3.63) is 22.8 Å². The lowest BCUT2D eigenvalue weighted by atomic mass is 9.93. The molecule has 1 aromatic heterocycles. The Hall–Kier alpha value is -1.31. The number of hydrogen-bond acceptors (Lipinski definition) is 4. The van der Waals surface area contributed by atoms with Crippen molar-refractivity contribution in [1.82, 2.24) is 4.98 Å². The predicted octanol–water partition coefficient (Wildman–Crippen LogP) is 2.98. The van der Waals surface area contributed by atoms with Gasteiger partial charge in [0, 0.05) is 13.2 Å². The zero-order valence-corrected chi connectivity index (χ0v) is 11.1. The van der Waals surface area contributed by atoms with E-state index in [9.17, 15) is 0 Å². The summed E-state index contributed by atoms with van der Waals surface area (Å²) in [4.78, 5) is 4.19. The summed E-state index contributed by atoms with van der Waals surface area (Å²) in [5.74, 6) is 0.706. The summed E-state index contributed by atoms with van der Waals surface area (Å²) in [5, 5.41) is 12.6. The van der Waals surface area contributed by atoms with Crippen molar-refractivity contribution < 1.29 is 4.74 Å². The Kier molecular flexibility index (Phi) is 4.40. The van der Waals surface area contributed by atoms with Gasteiger partial charge in [0.2, 0.25) is 0 Å². The summed E-state index contributed by atoms with van der Waals surface area (Å²) in [5.41, 5.74) is 0.265. The van der Waals surface area contributed by atoms with E-state index in [0.717, 1.165) is 25.7 Å². The molecule has 2 unspecified atom stereocenters. The molecular weight excluding hydrogens is 250 g/mol. The molecule has 0 aliphatic heterocycles. The molecule has 0 aromatic carbocycles. The number of hydrogen-bond donors (Lipinski definition) is 1. The fourth-order valence-corrected chi connectivity index (χ4v) is 2.45. The first-order valence-electron chi connectivity index (χ1n) is 6.09. The first kappa shape index (κ1) is 13.1. The van der Waals surface area contributed by atoms with Crippen molar-refractivity contribution in [3.8, 4) is 6.07 Å². The molecule has 1 aliphatic rings. The van der Waals surface area contributed by atoms with E-state index in [1.807, 2.05) is 6.07 Å². The molecule has 0 saturated heterocycles. The molecule has 1 saturated carbocycles. The molecule has 1 aromatic rings. The molecule has 1 N–H and O–H groups in total. The minimum atomic E-state index is 0.265. The third-order valence-electron chi connectivity index (χ3n) is 3.26. The van der Waals surface area contributed by atoms with Gasteiger partial charge >= 0.3 is 0 Å². The van der Waals surface area contributed by atoms with E-state index in [4.69, 9.17) is 21.6 Å². The minimum absolute atomic E-state index is 0.265. The lowest BCUT2D eigenvalue weighted by Gasteiger charge is -2.29. The molecule has 0 amide bonds. The number of nitrogens with one attached hydrogen (secondary N) is 1. The molecular formula is C13H16ClN3O. The topological polar surface area (TPSA) is 57.9 Å². The predicted molar refractivity (Wildman–Crippen MR) is 70.6 cm³/mol. The summed E-state index contributed by atoms with van der Waals surface area (Å²) < 4.78 is 5.39. The largest absolute Gasteiger partial charge is 0.381 e. The highest BCUT2D eigenvalue weighted by molar-refractivity contribution is 6.31. The fraction of sp³-hybridized carbons (Fsp3) is 0.538. The van der Waals surface area contributed by atoms with Crippen LogP contribution in [0.3, 0.4) is 0 Å². The Morgan fingerprint density at radius 3 is 3.06 bits per heavy atom. The summed E-state index contributed by atoms with van der Waals surface area (Å²) in [6, 6.07) is 5.84. The number of nitriles is 1. The highest BCUT2D eigenvalue weighted by Crippen LogP contribution is 2.24. The van der Waals surface area contributed by atoms with Crippen LogP contribution in [0.1, 0.15) is 31.4 Å². The van der Waals surface area contributed by atoms with Gasteiger partial charge in [0.1, 0.15) is 11.9 Å². The molecule has 0 radical (unpaired) electrons. The average molecular weight is 266 g/mol. The van der Waals surface area contributed by atoms with E-state index < -0.39 is 0 Å². The number of anilines is 1. The molecule has 96 valence electrons. The SMILES string of the molecule is COC1CCCC(Nc2ccc(Cl)c(C#N)n2)C1. The highest BCUT2D eigenvalue weighted by atomic mass is 35.5. The summed E-state index contributed by atoms with van der Waals surface area (Å²) in [7, 11) is 1.75. The molecule has 1 heterocycles. The minimum Gasteiger partial charge on any atom is -0.381 e. The standard InChI is InChI=1S/C13H16ClN3O/c1-18-10-4-2-3-9(7-10)16-13-6-5-11(14)12(8-15)17-13/h5-6,9-10H,2-4,7H2,1H3,(H,16,17). The van der Waals surface area contributed by atoms with Crippen LogP contribution in [0.5, 0.6) is 0 Å². The van der Waals surface area contributed by atoms with Gasteiger partial charge in [0.25, 0.3) is 0 Å². The lowest BCUT2D eigenvalue weighted by molar-refractivity contribution is 0.0669. The van der Waals surface area contributed by atoms with Gasteiger partial charge in [-0.1, -0.05) is 11.6 Å². The second-order valence-electron chi connectivity index (χ2n) is 4.50. The third-order valence-corrected chi connectivity index (χ3v) is 3.57. The summed E-state index contributed by atoms with van der Waals surface area (Å²) in [6.45, 7) is 0. The van der Waals surface area contributed by atoms with Gasteiger partial charge in [-0.2, -0.15) is 5.26 Å². The molecule has 2 rings (SSSR count). The lowest BCUT2D eigenvalue weighted by Crippen LogP contribution is -2.31. The van der Waals surface area contributed by atoms with Gasteiger partial charge in [0.15, 0.2) is 5.69 Å². The number of aromatic nitrogens is 1. The van der Waals surface area contributed by atoms with Crippen LogP contribution in [0, 0.1) is 11.3 Å². The highest BCUT2D eigenvalue weighted by Gasteiger charge is 2.21. The van der Waals surface area contributed by atoms with Crippen molar-refractivity contribution in [1.29, 1.82) is 5.26 Å². The molecule has 18 heavy (non-hydrogen) atoms. The number of nitrogens with zero attached hydrogens (tertiary/aromatic N) is 2. The fourth-order valence-electron chi connectivity index (χ4n) is 2.30. The first-order chi connectivity index (χ1) is 8.72. The number of pyridine rings is 1. The monoisotopic (exact) mass is 265 g/mol. The first-order valence-corrected chi connectivity index (χ1v) is 6.46. The van der Waals surface area contributed by atoms with Gasteiger partial charge < -0.3 is 10.1 Å². The van der Waals surface area contributed by atoms with Crippen LogP contribution in [-0.2, 0) is 4.74 Å². The molecule has 1 fully saturated rings. The van der Waals surface area contributed by atoms with E-state index in [1.165, 1.54) is 0 Å². The van der Waals surface area contributed by atoms with E-state index in [-0.39, 0.29) is 5.69 Å². The smallest absolute Gasteiger partial charge is 0.161 e. The number of halogens is 1. The van der Waals surface area contributed by atoms with Crippen LogP contribution in [0.25, 0.3) is 0 Å². The van der Waals surface area contributed by atoms with Gasteiger partial charge in [-0.15, -0.1) is 0 Å². The summed E-state index contributed by atoms with van der Waals surface area (Å²) >= 11 is 5.85. The van der Waals surface area contributed by atoms with Crippen LogP contribution < -0.4 is 5.32 Å². The van der Waals surface area contributed by atoms with Crippen molar-refractivity contribution in [2.45, 2.75) is 37.8 Å². The van der Waals surface area contributed by atoms with Gasteiger partial charge in [-0.25, -0.2) is 4.98 Å². The molecule has 0 bridgehead atoms. The van der Waals surface area contributed by atoms with Crippen LogP contribution >= 0.6 is 11.6 Å². The normalized spacial score (nSPS) is 23.4. The quantitative estimate of drug-likeness (QED) is 0.913. The van der Waals surface area contributed by atoms with Crippen molar-refractivity contribution in [2.24, 2.45) is 0 Å². The molecule has 4 nitrogen and oxygen atoms in total. The van der Waals surface area contributed by atoms with Crippen molar-refractivity contribution in [2.75, 3.05) is 12.4 Å². The van der Waals surface area contributed by atoms with Crippen molar-refractivity contribution in [3.63, 3.8) is 0 Å². The van der Waals surface area contributed by atoms with Crippen LogP contribution in [-0.4, -0.2) is 24.2 Å². The second-order valence-corrected chi connectivity index (χ2v) is 4.91. The Morgan fingerprint density at radius 1 is 1.50 bits per heavy atom. The maximum Gasteiger partial charge on any atom is 0.161 e. The van der Waals surface area contributed by atoms with E-state index in [2.05, 4.69) is 10.3 Å².